The fraction of sp³-hybridized carbons (Fsp3) is 0.355. The summed E-state index contributed by atoms with van der Waals surface area (Å²) in [4.78, 5) is 28.7. The van der Waals surface area contributed by atoms with E-state index in [9.17, 15) is 22.8 Å². The van der Waals surface area contributed by atoms with Gasteiger partial charge in [0.2, 0.25) is 5.91 Å². The number of rotatable bonds is 8. The number of carbonyl (C=O) groups excluding carboxylic acids is 2. The van der Waals surface area contributed by atoms with Crippen LogP contribution in [0.5, 0.6) is 0 Å². The number of alkyl halides is 3. The largest absolute Gasteiger partial charge is 0.416 e. The monoisotopic (exact) mass is 584 g/mol. The van der Waals surface area contributed by atoms with Crippen molar-refractivity contribution >= 4 is 34.8 Å². The molecule has 2 saturated heterocycles. The lowest BCUT2D eigenvalue weighted by molar-refractivity contribution is -0.137. The number of para-hydroxylation sites is 1. The van der Waals surface area contributed by atoms with Crippen molar-refractivity contribution in [2.45, 2.75) is 69.5 Å². The molecule has 0 unspecified atom stereocenters. The van der Waals surface area contributed by atoms with E-state index >= 15 is 0 Å². The third-order valence-electron chi connectivity index (χ3n) is 7.89. The van der Waals surface area contributed by atoms with Gasteiger partial charge in [-0.05, 0) is 80.6 Å². The number of halogens is 4. The summed E-state index contributed by atoms with van der Waals surface area (Å²) < 4.78 is 39.4. The lowest BCUT2D eigenvalue weighted by Crippen LogP contribution is -2.53. The summed E-state index contributed by atoms with van der Waals surface area (Å²) in [5.41, 5.74) is 1.18. The summed E-state index contributed by atoms with van der Waals surface area (Å²) in [6, 6.07) is 19.2. The van der Waals surface area contributed by atoms with Crippen molar-refractivity contribution in [2.24, 2.45) is 0 Å². The molecule has 2 aliphatic rings. The second-order valence-corrected chi connectivity index (χ2v) is 11.2. The van der Waals surface area contributed by atoms with Crippen LogP contribution in [-0.4, -0.2) is 40.9 Å². The van der Waals surface area contributed by atoms with Crippen LogP contribution in [0, 0.1) is 0 Å². The molecule has 41 heavy (non-hydrogen) atoms. The van der Waals surface area contributed by atoms with Crippen LogP contribution in [-0.2, 0) is 17.5 Å². The van der Waals surface area contributed by atoms with Crippen molar-refractivity contribution in [1.29, 1.82) is 0 Å². The Morgan fingerprint density at radius 3 is 2.34 bits per heavy atom. The Morgan fingerprint density at radius 1 is 0.976 bits per heavy atom. The number of nitrogens with one attached hydrogen (secondary N) is 3. The highest BCUT2D eigenvalue weighted by molar-refractivity contribution is 6.30. The number of anilines is 2. The van der Waals surface area contributed by atoms with Crippen LogP contribution in [0.25, 0.3) is 0 Å². The zero-order valence-corrected chi connectivity index (χ0v) is 23.3. The van der Waals surface area contributed by atoms with E-state index in [1.54, 1.807) is 31.2 Å². The van der Waals surface area contributed by atoms with E-state index in [0.717, 1.165) is 49.4 Å². The molecule has 0 spiro atoms. The van der Waals surface area contributed by atoms with Gasteiger partial charge in [-0.3, -0.25) is 14.5 Å². The van der Waals surface area contributed by atoms with Gasteiger partial charge in [0.05, 0.1) is 16.8 Å². The number of amides is 2. The molecule has 0 radical (unpaired) electrons. The van der Waals surface area contributed by atoms with Gasteiger partial charge in [0.1, 0.15) is 6.04 Å². The lowest BCUT2D eigenvalue weighted by Gasteiger charge is -2.39. The summed E-state index contributed by atoms with van der Waals surface area (Å²) >= 11 is 6.03. The second kappa shape index (κ2) is 12.1. The van der Waals surface area contributed by atoms with Gasteiger partial charge in [-0.2, -0.15) is 13.2 Å². The van der Waals surface area contributed by atoms with Gasteiger partial charge in [0, 0.05) is 35.4 Å². The molecule has 2 bridgehead atoms. The van der Waals surface area contributed by atoms with Gasteiger partial charge in [-0.1, -0.05) is 41.9 Å². The molecule has 2 heterocycles. The molecule has 0 aliphatic carbocycles. The maximum absolute atomic E-state index is 13.1. The minimum Gasteiger partial charge on any atom is -0.355 e. The third kappa shape index (κ3) is 7.02. The molecule has 216 valence electrons. The van der Waals surface area contributed by atoms with E-state index in [0.29, 0.717) is 17.8 Å². The minimum atomic E-state index is -4.48. The van der Waals surface area contributed by atoms with Gasteiger partial charge in [0.25, 0.3) is 5.91 Å². The molecule has 2 fully saturated rings. The maximum atomic E-state index is 13.1. The SMILES string of the molecule is C[C@H](NC(=O)c1ccccc1Nc1cccc(C(F)(F)F)c1)C(=O)NC1C[C@@H]2CC[C@@H](C1)N2Cc1ccc(Cl)cc1. The van der Waals surface area contributed by atoms with Crippen molar-refractivity contribution in [3.63, 3.8) is 0 Å². The number of fused-ring (bicyclic) bond motifs is 2. The zero-order valence-electron chi connectivity index (χ0n) is 22.5. The van der Waals surface area contributed by atoms with E-state index in [4.69, 9.17) is 11.6 Å². The topological polar surface area (TPSA) is 73.5 Å². The molecule has 3 atom stereocenters. The summed E-state index contributed by atoms with van der Waals surface area (Å²) in [5, 5.41) is 9.48. The Labute approximate surface area is 242 Å². The molecule has 5 rings (SSSR count). The van der Waals surface area contributed by atoms with Crippen molar-refractivity contribution in [3.8, 4) is 0 Å². The normalized spacial score (nSPS) is 21.2. The van der Waals surface area contributed by atoms with Gasteiger partial charge < -0.3 is 16.0 Å². The standard InChI is InChI=1S/C31H32ClF3N4O2/c1-19(29(40)38-24-16-25-13-14-26(17-24)39(25)18-20-9-11-22(32)12-10-20)36-30(41)27-7-2-3-8-28(27)37-23-6-4-5-21(15-23)31(33,34)35/h2-12,15,19,24-26,37H,13-14,16-18H2,1H3,(H,36,41)(H,38,40)/t19-,25-,26-/m0/s1. The van der Waals surface area contributed by atoms with E-state index in [1.165, 1.54) is 17.7 Å². The minimum absolute atomic E-state index is 0.0238. The molecule has 2 aliphatic heterocycles. The second-order valence-electron chi connectivity index (χ2n) is 10.8. The van der Waals surface area contributed by atoms with Crippen molar-refractivity contribution in [1.82, 2.24) is 15.5 Å². The molecular weight excluding hydrogens is 553 g/mol. The highest BCUT2D eigenvalue weighted by atomic mass is 35.5. The van der Waals surface area contributed by atoms with Crippen LogP contribution < -0.4 is 16.0 Å². The first-order chi connectivity index (χ1) is 19.6. The average Bonchev–Trinajstić information content (AvgIpc) is 3.16. The van der Waals surface area contributed by atoms with E-state index in [1.807, 2.05) is 24.3 Å². The maximum Gasteiger partial charge on any atom is 0.416 e. The smallest absolute Gasteiger partial charge is 0.355 e. The van der Waals surface area contributed by atoms with Crippen molar-refractivity contribution in [2.75, 3.05) is 5.32 Å². The number of piperidine rings is 1. The van der Waals surface area contributed by atoms with Crippen LogP contribution in [0.1, 0.15) is 54.1 Å². The van der Waals surface area contributed by atoms with Crippen LogP contribution in [0.4, 0.5) is 24.5 Å². The number of hydrogen-bond donors (Lipinski definition) is 3. The van der Waals surface area contributed by atoms with Gasteiger partial charge in [-0.25, -0.2) is 0 Å². The zero-order chi connectivity index (χ0) is 29.1. The van der Waals surface area contributed by atoms with Crippen LogP contribution >= 0.6 is 11.6 Å². The van der Waals surface area contributed by atoms with E-state index in [-0.39, 0.29) is 23.2 Å². The van der Waals surface area contributed by atoms with E-state index in [2.05, 4.69) is 20.9 Å². The number of hydrogen-bond acceptors (Lipinski definition) is 4. The van der Waals surface area contributed by atoms with E-state index < -0.39 is 23.7 Å². The molecule has 10 heteroatoms. The molecule has 0 saturated carbocycles. The number of nitrogens with zero attached hydrogens (tertiary/aromatic N) is 1. The summed E-state index contributed by atoms with van der Waals surface area (Å²) in [6.07, 6.45) is -0.607. The first-order valence-electron chi connectivity index (χ1n) is 13.7. The Bertz CT molecular complexity index is 1380. The predicted octanol–water partition coefficient (Wildman–Crippen LogP) is 6.53. The van der Waals surface area contributed by atoms with Crippen LogP contribution in [0.2, 0.25) is 5.02 Å². The Balaban J connectivity index is 1.17. The van der Waals surface area contributed by atoms with Gasteiger partial charge in [0.15, 0.2) is 0 Å². The Hall–Kier alpha value is -3.56. The highest BCUT2D eigenvalue weighted by Gasteiger charge is 2.41. The molecule has 3 aromatic carbocycles. The Kier molecular flexibility index (Phi) is 8.56. The van der Waals surface area contributed by atoms with Gasteiger partial charge >= 0.3 is 6.18 Å². The molecule has 6 nitrogen and oxygen atoms in total. The van der Waals surface area contributed by atoms with Crippen LogP contribution in [0.3, 0.4) is 0 Å². The fourth-order valence-electron chi connectivity index (χ4n) is 5.84. The summed E-state index contributed by atoms with van der Waals surface area (Å²) in [7, 11) is 0. The van der Waals surface area contributed by atoms with Crippen molar-refractivity contribution < 1.29 is 22.8 Å². The molecule has 3 aromatic rings. The third-order valence-corrected chi connectivity index (χ3v) is 8.14. The summed E-state index contributed by atoms with van der Waals surface area (Å²) in [6.45, 7) is 2.48. The molecular formula is C31H32ClF3N4O2. The number of benzene rings is 3. The Morgan fingerprint density at radius 2 is 1.66 bits per heavy atom. The highest BCUT2D eigenvalue weighted by Crippen LogP contribution is 2.37. The van der Waals surface area contributed by atoms with Crippen LogP contribution in [0.15, 0.2) is 72.8 Å². The molecule has 0 aromatic heterocycles. The first kappa shape index (κ1) is 29.0. The first-order valence-corrected chi connectivity index (χ1v) is 14.1. The quantitative estimate of drug-likeness (QED) is 0.281. The predicted molar refractivity (Wildman–Crippen MR) is 153 cm³/mol. The van der Waals surface area contributed by atoms with Gasteiger partial charge in [-0.15, -0.1) is 0 Å². The van der Waals surface area contributed by atoms with Crippen molar-refractivity contribution in [3.05, 3.63) is 94.5 Å². The molecule has 2 amide bonds. The number of carbonyl (C=O) groups is 2. The summed E-state index contributed by atoms with van der Waals surface area (Å²) in [5.74, 6) is -0.766. The fourth-order valence-corrected chi connectivity index (χ4v) is 5.96. The lowest BCUT2D eigenvalue weighted by atomic mass is 9.96. The molecule has 3 N–H and O–H groups in total. The average molecular weight is 585 g/mol.